The maximum atomic E-state index is 1.50. The molecule has 0 aromatic carbocycles. The SMILES string of the molecule is C1CCC[N+]2(CC1)CCCCCC2.[Cl-]. The van der Waals surface area contributed by atoms with Crippen molar-refractivity contribution in [2.45, 2.75) is 51.4 Å². The van der Waals surface area contributed by atoms with Gasteiger partial charge in [0.2, 0.25) is 0 Å². The lowest BCUT2D eigenvalue weighted by atomic mass is 10.2. The highest BCUT2D eigenvalue weighted by Gasteiger charge is 2.28. The molecule has 14 heavy (non-hydrogen) atoms. The van der Waals surface area contributed by atoms with E-state index in [2.05, 4.69) is 0 Å². The molecule has 2 saturated heterocycles. The average Bonchev–Trinajstić information content (AvgIpc) is 2.50. The van der Waals surface area contributed by atoms with Crippen LogP contribution in [0.2, 0.25) is 0 Å². The van der Waals surface area contributed by atoms with E-state index in [0.29, 0.717) is 0 Å². The zero-order valence-corrected chi connectivity index (χ0v) is 10.1. The molecule has 0 atom stereocenters. The minimum Gasteiger partial charge on any atom is -1.00 e. The predicted octanol–water partition coefficient (Wildman–Crippen LogP) is -0.0448. The fraction of sp³-hybridized carbons (Fsp3) is 1.00. The second kappa shape index (κ2) is 5.97. The molecule has 2 rings (SSSR count). The van der Waals surface area contributed by atoms with Crippen molar-refractivity contribution in [2.75, 3.05) is 26.2 Å². The Morgan fingerprint density at radius 2 is 0.714 bits per heavy atom. The highest BCUT2D eigenvalue weighted by atomic mass is 35.5. The van der Waals surface area contributed by atoms with Gasteiger partial charge >= 0.3 is 0 Å². The molecule has 2 aliphatic heterocycles. The average molecular weight is 218 g/mol. The van der Waals surface area contributed by atoms with E-state index in [1.165, 1.54) is 82.0 Å². The number of hydrogen-bond donors (Lipinski definition) is 0. The van der Waals surface area contributed by atoms with Crippen LogP contribution in [0, 0.1) is 0 Å². The van der Waals surface area contributed by atoms with Crippen LogP contribution in [0.15, 0.2) is 0 Å². The van der Waals surface area contributed by atoms with Crippen molar-refractivity contribution in [2.24, 2.45) is 0 Å². The van der Waals surface area contributed by atoms with Crippen molar-refractivity contribution in [1.29, 1.82) is 0 Å². The summed E-state index contributed by atoms with van der Waals surface area (Å²) in [7, 11) is 0. The molecule has 0 aromatic rings. The number of halogens is 1. The minimum atomic E-state index is 0. The van der Waals surface area contributed by atoms with Gasteiger partial charge in [-0.3, -0.25) is 0 Å². The van der Waals surface area contributed by atoms with Gasteiger partial charge in [-0.1, -0.05) is 0 Å². The molecule has 1 nitrogen and oxygen atoms in total. The molecular formula is C12H24ClN. The maximum absolute atomic E-state index is 1.50. The summed E-state index contributed by atoms with van der Waals surface area (Å²) >= 11 is 0. The number of quaternary nitrogens is 1. The predicted molar refractivity (Wildman–Crippen MR) is 56.7 cm³/mol. The molecule has 2 heteroatoms. The summed E-state index contributed by atoms with van der Waals surface area (Å²) in [6.07, 6.45) is 12.0. The van der Waals surface area contributed by atoms with Crippen LogP contribution in [0.25, 0.3) is 0 Å². The van der Waals surface area contributed by atoms with E-state index in [1.54, 1.807) is 0 Å². The summed E-state index contributed by atoms with van der Waals surface area (Å²) < 4.78 is 1.50. The second-order valence-electron chi connectivity index (χ2n) is 5.06. The van der Waals surface area contributed by atoms with Crippen LogP contribution in [0.4, 0.5) is 0 Å². The van der Waals surface area contributed by atoms with Crippen LogP contribution in [0.1, 0.15) is 51.4 Å². The van der Waals surface area contributed by atoms with Crippen LogP contribution in [0.5, 0.6) is 0 Å². The second-order valence-corrected chi connectivity index (χ2v) is 5.06. The molecule has 0 bridgehead atoms. The first-order chi connectivity index (χ1) is 6.41. The Hall–Kier alpha value is 0.250. The third-order valence-corrected chi connectivity index (χ3v) is 4.03. The molecular weight excluding hydrogens is 194 g/mol. The summed E-state index contributed by atoms with van der Waals surface area (Å²) in [5.74, 6) is 0. The Balaban J connectivity index is 0.000000980. The van der Waals surface area contributed by atoms with Gasteiger partial charge in [-0.05, 0) is 51.4 Å². The van der Waals surface area contributed by atoms with Gasteiger partial charge in [-0.15, -0.1) is 0 Å². The van der Waals surface area contributed by atoms with Gasteiger partial charge in [0.25, 0.3) is 0 Å². The summed E-state index contributed by atoms with van der Waals surface area (Å²) in [6, 6.07) is 0. The van der Waals surface area contributed by atoms with Crippen molar-refractivity contribution in [1.82, 2.24) is 0 Å². The molecule has 84 valence electrons. The third-order valence-electron chi connectivity index (χ3n) is 4.03. The fourth-order valence-electron chi connectivity index (χ4n) is 3.17. The molecule has 2 heterocycles. The van der Waals surface area contributed by atoms with Gasteiger partial charge in [0.1, 0.15) is 0 Å². The number of rotatable bonds is 0. The minimum absolute atomic E-state index is 0. The van der Waals surface area contributed by atoms with Crippen LogP contribution in [-0.4, -0.2) is 30.7 Å². The molecule has 0 radical (unpaired) electrons. The molecule has 0 saturated carbocycles. The van der Waals surface area contributed by atoms with Crippen molar-refractivity contribution in [3.63, 3.8) is 0 Å². The maximum Gasteiger partial charge on any atom is 0.0786 e. The van der Waals surface area contributed by atoms with Crippen molar-refractivity contribution in [3.05, 3.63) is 0 Å². The molecule has 1 spiro atoms. The molecule has 2 aliphatic rings. The Morgan fingerprint density at radius 3 is 1.00 bits per heavy atom. The summed E-state index contributed by atoms with van der Waals surface area (Å²) in [5, 5.41) is 0. The Morgan fingerprint density at radius 1 is 0.429 bits per heavy atom. The molecule has 0 amide bonds. The normalized spacial score (nSPS) is 27.4. The van der Waals surface area contributed by atoms with Gasteiger partial charge in [-0.2, -0.15) is 0 Å². The Kier molecular flexibility index (Phi) is 5.25. The van der Waals surface area contributed by atoms with Crippen molar-refractivity contribution < 1.29 is 16.9 Å². The van der Waals surface area contributed by atoms with Crippen LogP contribution in [0.3, 0.4) is 0 Å². The van der Waals surface area contributed by atoms with E-state index in [0.717, 1.165) is 0 Å². The zero-order chi connectivity index (χ0) is 8.99. The lowest BCUT2D eigenvalue weighted by Gasteiger charge is -2.36. The van der Waals surface area contributed by atoms with Gasteiger partial charge < -0.3 is 16.9 Å². The first kappa shape index (κ1) is 12.3. The van der Waals surface area contributed by atoms with Gasteiger partial charge in [0.05, 0.1) is 26.2 Å². The number of hydrogen-bond acceptors (Lipinski definition) is 0. The van der Waals surface area contributed by atoms with Crippen LogP contribution < -0.4 is 12.4 Å². The summed E-state index contributed by atoms with van der Waals surface area (Å²) in [5.41, 5.74) is 0. The van der Waals surface area contributed by atoms with E-state index >= 15 is 0 Å². The first-order valence-electron chi connectivity index (χ1n) is 6.26. The number of nitrogens with zero attached hydrogens (tertiary/aromatic N) is 1. The van der Waals surface area contributed by atoms with E-state index in [9.17, 15) is 0 Å². The zero-order valence-electron chi connectivity index (χ0n) is 9.31. The molecule has 0 aliphatic carbocycles. The first-order valence-corrected chi connectivity index (χ1v) is 6.26. The van der Waals surface area contributed by atoms with Crippen LogP contribution in [-0.2, 0) is 0 Å². The Bertz CT molecular complexity index is 121. The third kappa shape index (κ3) is 3.13. The quantitative estimate of drug-likeness (QED) is 0.500. The smallest absolute Gasteiger partial charge is 0.0786 e. The molecule has 0 N–H and O–H groups in total. The van der Waals surface area contributed by atoms with Crippen molar-refractivity contribution in [3.8, 4) is 0 Å². The molecule has 2 fully saturated rings. The highest BCUT2D eigenvalue weighted by molar-refractivity contribution is 4.58. The van der Waals surface area contributed by atoms with E-state index in [-0.39, 0.29) is 12.4 Å². The molecule has 0 unspecified atom stereocenters. The largest absolute Gasteiger partial charge is 1.00 e. The van der Waals surface area contributed by atoms with E-state index in [1.807, 2.05) is 0 Å². The Labute approximate surface area is 94.9 Å². The van der Waals surface area contributed by atoms with Crippen molar-refractivity contribution >= 4 is 0 Å². The van der Waals surface area contributed by atoms with Gasteiger partial charge in [0.15, 0.2) is 0 Å². The standard InChI is InChI=1S/C12H24N.ClH/c1-2-6-10-13(9-5-1)11-7-3-4-8-12-13;/h1-12H2;1H/q+1;/p-1. The lowest BCUT2D eigenvalue weighted by Crippen LogP contribution is -3.00. The summed E-state index contributed by atoms with van der Waals surface area (Å²) in [4.78, 5) is 0. The highest BCUT2D eigenvalue weighted by Crippen LogP contribution is 2.23. The fourth-order valence-corrected chi connectivity index (χ4v) is 3.17. The van der Waals surface area contributed by atoms with Gasteiger partial charge in [0, 0.05) is 0 Å². The lowest BCUT2D eigenvalue weighted by molar-refractivity contribution is -0.926. The molecule has 0 aromatic heterocycles. The van der Waals surface area contributed by atoms with Crippen LogP contribution >= 0.6 is 0 Å². The van der Waals surface area contributed by atoms with E-state index in [4.69, 9.17) is 0 Å². The van der Waals surface area contributed by atoms with E-state index < -0.39 is 0 Å². The topological polar surface area (TPSA) is 0 Å². The van der Waals surface area contributed by atoms with Gasteiger partial charge in [-0.25, -0.2) is 0 Å². The summed E-state index contributed by atoms with van der Waals surface area (Å²) in [6.45, 7) is 6.00. The monoisotopic (exact) mass is 217 g/mol.